The van der Waals surface area contributed by atoms with Crippen LogP contribution in [-0.4, -0.2) is 85.8 Å². The smallest absolute Gasteiger partial charge is 0.0148 e. The first kappa shape index (κ1) is 15.2. The number of hydrogen-bond donors (Lipinski definition) is 0. The molecular formula is C3H9Si10. The van der Waals surface area contributed by atoms with Crippen molar-refractivity contribution >= 4 is 85.8 Å². The van der Waals surface area contributed by atoms with Gasteiger partial charge in [0, 0.05) is 85.8 Å². The Kier molecular flexibility index (Phi) is 9.73. The van der Waals surface area contributed by atoms with Crippen molar-refractivity contribution in [2.45, 2.75) is 19.6 Å². The predicted molar refractivity (Wildman–Crippen MR) is 75.1 cm³/mol. The van der Waals surface area contributed by atoms with E-state index < -0.39 is 6.14 Å². The molecule has 0 aromatic rings. The van der Waals surface area contributed by atoms with E-state index in [9.17, 15) is 0 Å². The van der Waals surface area contributed by atoms with Crippen molar-refractivity contribution in [1.29, 1.82) is 0 Å². The van der Waals surface area contributed by atoms with E-state index in [0.717, 1.165) is 17.1 Å². The van der Waals surface area contributed by atoms with Crippen LogP contribution in [0.2, 0.25) is 19.6 Å². The quantitative estimate of drug-likeness (QED) is 0.473. The van der Waals surface area contributed by atoms with Gasteiger partial charge in [-0.15, -0.1) is 0 Å². The molecule has 0 aliphatic heterocycles. The van der Waals surface area contributed by atoms with Gasteiger partial charge in [0.1, 0.15) is 0 Å². The molecule has 13 heavy (non-hydrogen) atoms. The Balaban J connectivity index is 4.21. The normalized spacial score (nSPS) is 12.5. The Morgan fingerprint density at radius 2 is 1.62 bits per heavy atom. The summed E-state index contributed by atoms with van der Waals surface area (Å²) >= 11 is 0. The Bertz CT molecular complexity index is 109. The lowest BCUT2D eigenvalue weighted by Crippen LogP contribution is -2.65. The van der Waals surface area contributed by atoms with E-state index in [-0.39, 0.29) is 7.35 Å². The SMILES string of the molecule is C[Si][Si]([Si][Si])[Si][Si]([Si]C)([Si]C)[Si][Si]. The molecule has 0 unspecified atom stereocenters. The summed E-state index contributed by atoms with van der Waals surface area (Å²) in [6.45, 7) is 7.29. The first-order valence-electron chi connectivity index (χ1n) is 3.75. The summed E-state index contributed by atoms with van der Waals surface area (Å²) in [5, 5.41) is 0. The Morgan fingerprint density at radius 3 is 1.85 bits per heavy atom. The van der Waals surface area contributed by atoms with Gasteiger partial charge >= 0.3 is 0 Å². The van der Waals surface area contributed by atoms with Gasteiger partial charge in [0.25, 0.3) is 0 Å². The zero-order valence-electron chi connectivity index (χ0n) is 8.00. The van der Waals surface area contributed by atoms with Gasteiger partial charge < -0.3 is 0 Å². The molecule has 0 aromatic heterocycles. The topological polar surface area (TPSA) is 0 Å². The van der Waals surface area contributed by atoms with Crippen molar-refractivity contribution in [3.05, 3.63) is 0 Å². The second kappa shape index (κ2) is 8.34. The molecule has 19 radical (unpaired) electrons. The maximum absolute atomic E-state index is 3.85. The van der Waals surface area contributed by atoms with Gasteiger partial charge in [-0.25, -0.2) is 0 Å². The van der Waals surface area contributed by atoms with E-state index in [1.807, 2.05) is 0 Å². The van der Waals surface area contributed by atoms with Crippen molar-refractivity contribution in [3.63, 3.8) is 0 Å². The zero-order chi connectivity index (χ0) is 10.3. The van der Waals surface area contributed by atoms with Gasteiger partial charge in [-0.3, -0.25) is 0 Å². The molecule has 0 rings (SSSR count). The van der Waals surface area contributed by atoms with E-state index in [0.29, 0.717) is 0 Å². The van der Waals surface area contributed by atoms with Gasteiger partial charge in [-0.2, -0.15) is 0 Å². The summed E-state index contributed by atoms with van der Waals surface area (Å²) in [6, 6.07) is 0. The minimum Gasteiger partial charge on any atom is -0.0761 e. The molecule has 0 fully saturated rings. The molecule has 0 saturated carbocycles. The first-order valence-corrected chi connectivity index (χ1v) is 24.8. The summed E-state index contributed by atoms with van der Waals surface area (Å²) in [7, 11) is 15.0. The van der Waals surface area contributed by atoms with Crippen LogP contribution in [0.3, 0.4) is 0 Å². The van der Waals surface area contributed by atoms with Crippen molar-refractivity contribution in [3.8, 4) is 0 Å². The molecule has 0 spiro atoms. The molecule has 0 atom stereocenters. The first-order chi connectivity index (χ1) is 6.17. The average molecular weight is 326 g/mol. The summed E-state index contributed by atoms with van der Waals surface area (Å²) in [5.74, 6) is 0. The molecule has 10 heteroatoms. The van der Waals surface area contributed by atoms with Crippen LogP contribution >= 0.6 is 0 Å². The molecule has 0 nitrogen and oxygen atoms in total. The zero-order valence-corrected chi connectivity index (χ0v) is 18.0. The number of hydrogen-bond acceptors (Lipinski definition) is 0. The highest BCUT2D eigenvalue weighted by atomic mass is 30.3. The molecule has 0 aliphatic carbocycles. The van der Waals surface area contributed by atoms with Crippen LogP contribution in [0.5, 0.6) is 0 Å². The third-order valence-corrected chi connectivity index (χ3v) is 77.6. The van der Waals surface area contributed by atoms with Crippen molar-refractivity contribution in [2.75, 3.05) is 0 Å². The van der Waals surface area contributed by atoms with Crippen LogP contribution in [-0.2, 0) is 0 Å². The van der Waals surface area contributed by atoms with E-state index in [1.165, 1.54) is 35.7 Å². The fourth-order valence-corrected chi connectivity index (χ4v) is 94.5. The van der Waals surface area contributed by atoms with E-state index >= 15 is 0 Å². The summed E-state index contributed by atoms with van der Waals surface area (Å²) in [5.41, 5.74) is 0. The molecule has 0 aromatic carbocycles. The molecule has 0 saturated heterocycles. The Morgan fingerprint density at radius 1 is 1.08 bits per heavy atom. The van der Waals surface area contributed by atoms with Gasteiger partial charge in [0.15, 0.2) is 0 Å². The van der Waals surface area contributed by atoms with E-state index in [4.69, 9.17) is 0 Å². The third kappa shape index (κ3) is 5.16. The van der Waals surface area contributed by atoms with Crippen LogP contribution in [0.25, 0.3) is 0 Å². The maximum Gasteiger partial charge on any atom is 0.0148 e. The van der Waals surface area contributed by atoms with Gasteiger partial charge in [-0.05, 0) is 0 Å². The lowest BCUT2D eigenvalue weighted by molar-refractivity contribution is 2.32. The van der Waals surface area contributed by atoms with Crippen LogP contribution in [0.4, 0.5) is 0 Å². The maximum atomic E-state index is 3.85. The van der Waals surface area contributed by atoms with Crippen LogP contribution in [0.1, 0.15) is 0 Å². The summed E-state index contributed by atoms with van der Waals surface area (Å²) in [4.78, 5) is 0. The molecule has 0 amide bonds. The second-order valence-corrected chi connectivity index (χ2v) is 47.2. The molecule has 0 N–H and O–H groups in total. The van der Waals surface area contributed by atoms with E-state index in [2.05, 4.69) is 39.2 Å². The van der Waals surface area contributed by atoms with Gasteiger partial charge in [-0.1, -0.05) is 19.6 Å². The lowest BCUT2D eigenvalue weighted by atomic mass is 11.9. The predicted octanol–water partition coefficient (Wildman–Crippen LogP) is -2.06. The standard InChI is InChI=1S/C3H9Si10/c1-6-12(9-4)11-13(7-2,8-3)10-5/h1-3H3. The molecule has 0 bridgehead atoms. The highest BCUT2D eigenvalue weighted by molar-refractivity contribution is 8.00. The van der Waals surface area contributed by atoms with Crippen LogP contribution in [0, 0.1) is 0 Å². The minimum absolute atomic E-state index is 0.0325. The monoisotopic (exact) mass is 325 g/mol. The minimum atomic E-state index is -0.770. The molecular weight excluding hydrogens is 317 g/mol. The van der Waals surface area contributed by atoms with E-state index in [1.54, 1.807) is 0 Å². The summed E-state index contributed by atoms with van der Waals surface area (Å²) < 4.78 is 0. The highest BCUT2D eigenvalue weighted by Gasteiger charge is 2.30. The van der Waals surface area contributed by atoms with Crippen molar-refractivity contribution < 1.29 is 0 Å². The Labute approximate surface area is 105 Å². The molecule has 0 heterocycles. The average Bonchev–Trinajstić information content (AvgIpc) is 2.21. The highest BCUT2D eigenvalue weighted by Crippen LogP contribution is 1.95. The van der Waals surface area contributed by atoms with Crippen LogP contribution < -0.4 is 0 Å². The molecule has 0 aliphatic rings. The van der Waals surface area contributed by atoms with Crippen LogP contribution in [0.15, 0.2) is 0 Å². The molecule has 61 valence electrons. The fourth-order valence-electron chi connectivity index (χ4n) is 0.750. The third-order valence-electron chi connectivity index (χ3n) is 1.62. The lowest BCUT2D eigenvalue weighted by Gasteiger charge is -2.29. The van der Waals surface area contributed by atoms with Crippen molar-refractivity contribution in [1.82, 2.24) is 0 Å². The fraction of sp³-hybridized carbons (Fsp3) is 1.00. The Hall–Kier alpha value is 2.17. The van der Waals surface area contributed by atoms with Gasteiger partial charge in [0.2, 0.25) is 0 Å². The summed E-state index contributed by atoms with van der Waals surface area (Å²) in [6.07, 6.45) is -0.770. The van der Waals surface area contributed by atoms with Crippen molar-refractivity contribution in [2.24, 2.45) is 0 Å². The van der Waals surface area contributed by atoms with Gasteiger partial charge in [0.05, 0.1) is 0 Å². The number of rotatable bonds is 7. The second-order valence-electron chi connectivity index (χ2n) is 2.25. The largest absolute Gasteiger partial charge is 0.0761 e.